The Kier molecular flexibility index (Phi) is 4.94. The molecular weight excluding hydrogens is 340 g/mol. The summed E-state index contributed by atoms with van der Waals surface area (Å²) in [6, 6.07) is 36.7. The van der Waals surface area contributed by atoms with Crippen LogP contribution in [0.15, 0.2) is 109 Å². The van der Waals surface area contributed by atoms with Crippen LogP contribution in [-0.2, 0) is 0 Å². The number of rotatable bonds is 4. The van der Waals surface area contributed by atoms with Gasteiger partial charge >= 0.3 is 0 Å². The highest BCUT2D eigenvalue weighted by Gasteiger charge is 2.18. The van der Waals surface area contributed by atoms with E-state index in [1.54, 1.807) is 0 Å². The van der Waals surface area contributed by atoms with Crippen molar-refractivity contribution in [2.45, 2.75) is 0 Å². The Hall–Kier alpha value is -3.78. The fourth-order valence-corrected chi connectivity index (χ4v) is 3.53. The maximum atomic E-state index is 6.43. The van der Waals surface area contributed by atoms with Crippen LogP contribution in [0.25, 0.3) is 11.1 Å². The highest BCUT2D eigenvalue weighted by atomic mass is 14.6. The summed E-state index contributed by atoms with van der Waals surface area (Å²) in [5, 5.41) is 0. The lowest BCUT2D eigenvalue weighted by Crippen LogP contribution is -2.02. The number of hydrogen-bond acceptors (Lipinski definition) is 2. The fourth-order valence-electron chi connectivity index (χ4n) is 3.53. The van der Waals surface area contributed by atoms with Gasteiger partial charge < -0.3 is 11.5 Å². The molecule has 0 saturated carbocycles. The Morgan fingerprint density at radius 2 is 0.714 bits per heavy atom. The standard InChI is InChI=1S/C26H22N2/c27-23-17-9-7-15-21(23)25(19-11-3-1-4-12-19)26(20-13-5-2-6-14-20)22-16-8-10-18-24(22)28/h1-18H,27-28H2/b26-25+. The van der Waals surface area contributed by atoms with Gasteiger partial charge in [-0.2, -0.15) is 0 Å². The van der Waals surface area contributed by atoms with Crippen molar-refractivity contribution in [3.63, 3.8) is 0 Å². The van der Waals surface area contributed by atoms with Gasteiger partial charge in [0.2, 0.25) is 0 Å². The highest BCUT2D eigenvalue weighted by Crippen LogP contribution is 2.40. The van der Waals surface area contributed by atoms with Crippen LogP contribution in [0.4, 0.5) is 11.4 Å². The van der Waals surface area contributed by atoms with Gasteiger partial charge in [0.05, 0.1) is 0 Å². The number of nitrogens with two attached hydrogens (primary N) is 2. The maximum absolute atomic E-state index is 6.43. The fraction of sp³-hybridized carbons (Fsp3) is 0. The molecule has 0 fully saturated rings. The van der Waals surface area contributed by atoms with Gasteiger partial charge in [0.1, 0.15) is 0 Å². The molecule has 0 aromatic heterocycles. The van der Waals surface area contributed by atoms with Gasteiger partial charge in [-0.15, -0.1) is 0 Å². The van der Waals surface area contributed by atoms with Crippen LogP contribution in [-0.4, -0.2) is 0 Å². The average Bonchev–Trinajstić information content (AvgIpc) is 2.75. The largest absolute Gasteiger partial charge is 0.398 e. The van der Waals surface area contributed by atoms with Gasteiger partial charge in [-0.25, -0.2) is 0 Å². The summed E-state index contributed by atoms with van der Waals surface area (Å²) in [5.41, 5.74) is 20.7. The minimum atomic E-state index is 0.740. The molecule has 4 aromatic rings. The Morgan fingerprint density at radius 3 is 1.07 bits per heavy atom. The second-order valence-corrected chi connectivity index (χ2v) is 6.66. The van der Waals surface area contributed by atoms with Crippen LogP contribution in [0.2, 0.25) is 0 Å². The van der Waals surface area contributed by atoms with Gasteiger partial charge in [-0.1, -0.05) is 97.1 Å². The van der Waals surface area contributed by atoms with Crippen molar-refractivity contribution < 1.29 is 0 Å². The van der Waals surface area contributed by atoms with Crippen LogP contribution in [0, 0.1) is 0 Å². The monoisotopic (exact) mass is 362 g/mol. The summed E-state index contributed by atoms with van der Waals surface area (Å²) in [5.74, 6) is 0. The van der Waals surface area contributed by atoms with E-state index in [0.717, 1.165) is 44.8 Å². The molecule has 4 N–H and O–H groups in total. The zero-order valence-corrected chi connectivity index (χ0v) is 15.5. The summed E-state index contributed by atoms with van der Waals surface area (Å²) >= 11 is 0. The highest BCUT2D eigenvalue weighted by molar-refractivity contribution is 6.08. The van der Waals surface area contributed by atoms with E-state index in [4.69, 9.17) is 11.5 Å². The molecule has 0 bridgehead atoms. The van der Waals surface area contributed by atoms with E-state index in [1.165, 1.54) is 0 Å². The number of hydrogen-bond donors (Lipinski definition) is 2. The molecule has 0 radical (unpaired) electrons. The van der Waals surface area contributed by atoms with Crippen molar-refractivity contribution in [1.29, 1.82) is 0 Å². The summed E-state index contributed by atoms with van der Waals surface area (Å²) in [4.78, 5) is 0. The van der Waals surface area contributed by atoms with Crippen LogP contribution in [0.1, 0.15) is 22.3 Å². The Bertz CT molecular complexity index is 1020. The molecule has 0 unspecified atom stereocenters. The molecule has 0 aliphatic rings. The molecule has 0 saturated heterocycles. The van der Waals surface area contributed by atoms with Crippen molar-refractivity contribution >= 4 is 22.5 Å². The minimum Gasteiger partial charge on any atom is -0.398 e. The van der Waals surface area contributed by atoms with Crippen molar-refractivity contribution in [3.05, 3.63) is 131 Å². The zero-order valence-electron chi connectivity index (χ0n) is 15.5. The average molecular weight is 362 g/mol. The predicted molar refractivity (Wildman–Crippen MR) is 120 cm³/mol. The van der Waals surface area contributed by atoms with Crippen molar-refractivity contribution in [2.24, 2.45) is 0 Å². The Labute approximate surface area is 165 Å². The van der Waals surface area contributed by atoms with Gasteiger partial charge in [-0.05, 0) is 34.4 Å². The predicted octanol–water partition coefficient (Wildman–Crippen LogP) is 5.86. The second kappa shape index (κ2) is 7.85. The molecule has 136 valence electrons. The van der Waals surface area contributed by atoms with E-state index in [0.29, 0.717) is 0 Å². The zero-order chi connectivity index (χ0) is 19.3. The summed E-state index contributed by atoms with van der Waals surface area (Å²) < 4.78 is 0. The van der Waals surface area contributed by atoms with Crippen molar-refractivity contribution in [3.8, 4) is 0 Å². The van der Waals surface area contributed by atoms with Gasteiger partial charge in [0, 0.05) is 22.5 Å². The first-order valence-corrected chi connectivity index (χ1v) is 9.30. The van der Waals surface area contributed by atoms with Crippen molar-refractivity contribution in [2.75, 3.05) is 11.5 Å². The first-order valence-electron chi connectivity index (χ1n) is 9.30. The number of anilines is 2. The molecule has 0 atom stereocenters. The molecule has 4 aromatic carbocycles. The lowest BCUT2D eigenvalue weighted by molar-refractivity contribution is 1.50. The van der Waals surface area contributed by atoms with Gasteiger partial charge in [0.25, 0.3) is 0 Å². The third-order valence-corrected chi connectivity index (χ3v) is 4.84. The van der Waals surface area contributed by atoms with E-state index in [9.17, 15) is 0 Å². The molecular formula is C26H22N2. The van der Waals surface area contributed by atoms with Crippen LogP contribution in [0.3, 0.4) is 0 Å². The van der Waals surface area contributed by atoms with E-state index in [2.05, 4.69) is 36.4 Å². The Morgan fingerprint density at radius 1 is 0.393 bits per heavy atom. The molecule has 0 aliphatic heterocycles. The smallest absolute Gasteiger partial charge is 0.0394 e. The molecule has 0 amide bonds. The third kappa shape index (κ3) is 3.40. The van der Waals surface area contributed by atoms with Gasteiger partial charge in [-0.3, -0.25) is 0 Å². The lowest BCUT2D eigenvalue weighted by atomic mass is 9.84. The van der Waals surface area contributed by atoms with Crippen LogP contribution in [0.5, 0.6) is 0 Å². The van der Waals surface area contributed by atoms with E-state index < -0.39 is 0 Å². The van der Waals surface area contributed by atoms with Crippen LogP contribution >= 0.6 is 0 Å². The quantitative estimate of drug-likeness (QED) is 0.353. The second-order valence-electron chi connectivity index (χ2n) is 6.66. The minimum absolute atomic E-state index is 0.740. The number of para-hydroxylation sites is 2. The van der Waals surface area contributed by atoms with Gasteiger partial charge in [0.15, 0.2) is 0 Å². The first-order chi connectivity index (χ1) is 13.8. The van der Waals surface area contributed by atoms with Crippen LogP contribution < -0.4 is 11.5 Å². The van der Waals surface area contributed by atoms with E-state index in [1.807, 2.05) is 72.8 Å². The van der Waals surface area contributed by atoms with E-state index >= 15 is 0 Å². The molecule has 2 nitrogen and oxygen atoms in total. The normalized spacial score (nSPS) is 11.7. The number of nitrogen functional groups attached to an aromatic ring is 2. The third-order valence-electron chi connectivity index (χ3n) is 4.84. The molecule has 0 heterocycles. The molecule has 4 rings (SSSR count). The summed E-state index contributed by atoms with van der Waals surface area (Å²) in [6.07, 6.45) is 0. The van der Waals surface area contributed by atoms with Crippen molar-refractivity contribution in [1.82, 2.24) is 0 Å². The Balaban J connectivity index is 2.16. The summed E-state index contributed by atoms with van der Waals surface area (Å²) in [6.45, 7) is 0. The molecule has 2 heteroatoms. The molecule has 28 heavy (non-hydrogen) atoms. The first kappa shape index (κ1) is 17.6. The molecule has 0 spiro atoms. The number of benzene rings is 4. The summed E-state index contributed by atoms with van der Waals surface area (Å²) in [7, 11) is 0. The SMILES string of the molecule is Nc1ccccc1/C(=C(\c1ccccc1)c1ccccc1N)c1ccccc1. The maximum Gasteiger partial charge on any atom is 0.0394 e. The lowest BCUT2D eigenvalue weighted by Gasteiger charge is -2.20. The molecule has 0 aliphatic carbocycles. The topological polar surface area (TPSA) is 52.0 Å². The van der Waals surface area contributed by atoms with E-state index in [-0.39, 0.29) is 0 Å².